The molecule has 30 heavy (non-hydrogen) atoms. The van der Waals surface area contributed by atoms with Crippen molar-refractivity contribution in [2.45, 2.75) is 5.54 Å². The van der Waals surface area contributed by atoms with Gasteiger partial charge in [0.05, 0.1) is 14.2 Å². The number of guanidine groups is 1. The Balaban J connectivity index is 1.91. The third-order valence-corrected chi connectivity index (χ3v) is 5.40. The highest BCUT2D eigenvalue weighted by Crippen LogP contribution is 2.41. The number of hydrogen-bond acceptors (Lipinski definition) is 5. The van der Waals surface area contributed by atoms with Gasteiger partial charge in [-0.3, -0.25) is 9.69 Å². The molecule has 0 saturated carbocycles. The van der Waals surface area contributed by atoms with Crippen molar-refractivity contribution in [1.82, 2.24) is 4.90 Å². The number of likely N-dealkylation sites (N-methyl/N-ethyl adjacent to an activating group) is 1. The highest BCUT2D eigenvalue weighted by Gasteiger charge is 2.49. The van der Waals surface area contributed by atoms with Crippen molar-refractivity contribution >= 4 is 11.9 Å². The minimum atomic E-state index is -1.22. The molecule has 1 aliphatic rings. The predicted molar refractivity (Wildman–Crippen MR) is 117 cm³/mol. The molecular weight excluding hydrogens is 378 g/mol. The van der Waals surface area contributed by atoms with E-state index in [1.165, 1.54) is 4.90 Å². The number of benzene rings is 3. The van der Waals surface area contributed by atoms with Gasteiger partial charge in [0, 0.05) is 13.1 Å². The van der Waals surface area contributed by atoms with E-state index in [1.807, 2.05) is 72.8 Å². The van der Waals surface area contributed by atoms with Gasteiger partial charge in [-0.25, -0.2) is 4.99 Å². The minimum absolute atomic E-state index is 0.188. The second-order valence-corrected chi connectivity index (χ2v) is 7.09. The summed E-state index contributed by atoms with van der Waals surface area (Å²) in [5, 5.41) is 0. The summed E-state index contributed by atoms with van der Waals surface area (Å²) in [4.78, 5) is 19.4. The number of aliphatic imine (C=N–C) groups is 1. The Bertz CT molecular complexity index is 1110. The molecule has 0 aromatic heterocycles. The first-order valence-corrected chi connectivity index (χ1v) is 9.52. The fourth-order valence-electron chi connectivity index (χ4n) is 3.76. The molecule has 1 heterocycles. The van der Waals surface area contributed by atoms with Gasteiger partial charge in [0.1, 0.15) is 11.5 Å². The van der Waals surface area contributed by atoms with Crippen LogP contribution in [0.25, 0.3) is 11.1 Å². The lowest BCUT2D eigenvalue weighted by Gasteiger charge is -2.26. The minimum Gasteiger partial charge on any atom is -0.497 e. The van der Waals surface area contributed by atoms with E-state index in [1.54, 1.807) is 21.3 Å². The van der Waals surface area contributed by atoms with E-state index in [0.29, 0.717) is 11.5 Å². The first-order chi connectivity index (χ1) is 14.5. The molecule has 1 aliphatic heterocycles. The summed E-state index contributed by atoms with van der Waals surface area (Å²) < 4.78 is 10.8. The van der Waals surface area contributed by atoms with Gasteiger partial charge in [0.2, 0.25) is 0 Å². The van der Waals surface area contributed by atoms with Crippen molar-refractivity contribution < 1.29 is 14.3 Å². The molecule has 0 fully saturated rings. The molecule has 0 bridgehead atoms. The van der Waals surface area contributed by atoms with Gasteiger partial charge in [-0.1, -0.05) is 48.5 Å². The van der Waals surface area contributed by atoms with Gasteiger partial charge < -0.3 is 15.2 Å². The molecule has 1 amide bonds. The number of carbonyl (C=O) groups excluding carboxylic acids is 1. The third kappa shape index (κ3) is 3.06. The predicted octanol–water partition coefficient (Wildman–Crippen LogP) is 3.40. The Hall–Kier alpha value is -3.80. The molecule has 3 aromatic carbocycles. The average molecular weight is 401 g/mol. The Morgan fingerprint density at radius 2 is 1.47 bits per heavy atom. The van der Waals surface area contributed by atoms with Crippen LogP contribution < -0.4 is 15.2 Å². The summed E-state index contributed by atoms with van der Waals surface area (Å²) in [6.45, 7) is 0. The fraction of sp³-hybridized carbons (Fsp3) is 0.167. The van der Waals surface area contributed by atoms with Crippen LogP contribution in [0.1, 0.15) is 11.1 Å². The van der Waals surface area contributed by atoms with Gasteiger partial charge in [-0.05, 0) is 40.5 Å². The van der Waals surface area contributed by atoms with Crippen LogP contribution in [0, 0.1) is 0 Å². The number of rotatable bonds is 5. The van der Waals surface area contributed by atoms with Gasteiger partial charge in [0.25, 0.3) is 5.91 Å². The highest BCUT2D eigenvalue weighted by atomic mass is 16.5. The molecule has 4 rings (SSSR count). The quantitative estimate of drug-likeness (QED) is 0.711. The van der Waals surface area contributed by atoms with E-state index in [0.717, 1.165) is 22.3 Å². The van der Waals surface area contributed by atoms with Crippen molar-refractivity contribution in [1.29, 1.82) is 0 Å². The summed E-state index contributed by atoms with van der Waals surface area (Å²) in [7, 11) is 4.87. The lowest BCUT2D eigenvalue weighted by molar-refractivity contribution is -0.129. The Morgan fingerprint density at radius 3 is 2.03 bits per heavy atom. The van der Waals surface area contributed by atoms with Crippen LogP contribution in [0.5, 0.6) is 11.5 Å². The fourth-order valence-corrected chi connectivity index (χ4v) is 3.76. The number of hydrogen-bond donors (Lipinski definition) is 1. The van der Waals surface area contributed by atoms with Gasteiger partial charge >= 0.3 is 0 Å². The molecule has 6 heteroatoms. The molecule has 1 atom stereocenters. The molecule has 152 valence electrons. The molecular formula is C24H23N3O3. The summed E-state index contributed by atoms with van der Waals surface area (Å²) >= 11 is 0. The zero-order valence-electron chi connectivity index (χ0n) is 17.1. The number of methoxy groups -OCH3 is 2. The smallest absolute Gasteiger partial charge is 0.266 e. The second kappa shape index (κ2) is 7.55. The molecule has 0 radical (unpaired) electrons. The maximum atomic E-state index is 13.4. The van der Waals surface area contributed by atoms with Crippen LogP contribution in [0.2, 0.25) is 0 Å². The first-order valence-electron chi connectivity index (χ1n) is 9.52. The van der Waals surface area contributed by atoms with Gasteiger partial charge in [0.15, 0.2) is 11.5 Å². The lowest BCUT2D eigenvalue weighted by Crippen LogP contribution is -2.41. The summed E-state index contributed by atoms with van der Waals surface area (Å²) in [6.07, 6.45) is 0. The first kappa shape index (κ1) is 19.5. The SMILES string of the molecule is COc1cc(OC)cc(-c2cccc(C3(c4ccccc4)N=C(N)N(C)C3=O)c2)c1. The van der Waals surface area contributed by atoms with Crippen LogP contribution in [0.15, 0.2) is 77.8 Å². The van der Waals surface area contributed by atoms with Crippen molar-refractivity contribution in [3.63, 3.8) is 0 Å². The van der Waals surface area contributed by atoms with Crippen LogP contribution in [-0.4, -0.2) is 38.0 Å². The van der Waals surface area contributed by atoms with Crippen LogP contribution in [0.3, 0.4) is 0 Å². The topological polar surface area (TPSA) is 77.2 Å². The normalized spacial score (nSPS) is 18.3. The van der Waals surface area contributed by atoms with E-state index >= 15 is 0 Å². The van der Waals surface area contributed by atoms with E-state index in [2.05, 4.69) is 4.99 Å². The zero-order valence-corrected chi connectivity index (χ0v) is 17.1. The van der Waals surface area contributed by atoms with Crippen molar-refractivity contribution in [3.8, 4) is 22.6 Å². The van der Waals surface area contributed by atoms with E-state index in [9.17, 15) is 4.79 Å². The molecule has 3 aromatic rings. The Morgan fingerprint density at radius 1 is 0.833 bits per heavy atom. The molecule has 0 aliphatic carbocycles. The average Bonchev–Trinajstić information content (AvgIpc) is 3.04. The van der Waals surface area contributed by atoms with Crippen LogP contribution >= 0.6 is 0 Å². The summed E-state index contributed by atoms with van der Waals surface area (Å²) in [5.41, 5.74) is 8.17. The van der Waals surface area contributed by atoms with E-state index in [-0.39, 0.29) is 11.9 Å². The third-order valence-electron chi connectivity index (χ3n) is 5.40. The van der Waals surface area contributed by atoms with Crippen LogP contribution in [-0.2, 0) is 10.3 Å². The lowest BCUT2D eigenvalue weighted by atomic mass is 9.82. The number of carbonyl (C=O) groups is 1. The molecule has 0 spiro atoms. The maximum Gasteiger partial charge on any atom is 0.266 e. The summed E-state index contributed by atoms with van der Waals surface area (Å²) in [5.74, 6) is 1.38. The van der Waals surface area contributed by atoms with Crippen molar-refractivity contribution in [2.75, 3.05) is 21.3 Å². The highest BCUT2D eigenvalue weighted by molar-refractivity contribution is 6.09. The monoisotopic (exact) mass is 401 g/mol. The maximum absolute atomic E-state index is 13.4. The van der Waals surface area contributed by atoms with Gasteiger partial charge in [-0.15, -0.1) is 0 Å². The largest absolute Gasteiger partial charge is 0.497 e. The second-order valence-electron chi connectivity index (χ2n) is 7.09. The number of nitrogens with two attached hydrogens (primary N) is 1. The van der Waals surface area contributed by atoms with E-state index < -0.39 is 5.54 Å². The van der Waals surface area contributed by atoms with E-state index in [4.69, 9.17) is 15.2 Å². The Labute approximate surface area is 175 Å². The van der Waals surface area contributed by atoms with Crippen molar-refractivity contribution in [2.24, 2.45) is 10.7 Å². The van der Waals surface area contributed by atoms with Crippen LogP contribution in [0.4, 0.5) is 0 Å². The zero-order chi connectivity index (χ0) is 21.3. The summed E-state index contributed by atoms with van der Waals surface area (Å²) in [6, 6.07) is 22.9. The van der Waals surface area contributed by atoms with Crippen molar-refractivity contribution in [3.05, 3.63) is 83.9 Å². The van der Waals surface area contributed by atoms with Gasteiger partial charge in [-0.2, -0.15) is 0 Å². The molecule has 2 N–H and O–H groups in total. The molecule has 0 saturated heterocycles. The standard InChI is InChI=1S/C24H23N3O3/c1-27-22(28)24(26-23(27)25,18-9-5-4-6-10-18)19-11-7-8-16(12-19)17-13-20(29-2)15-21(14-17)30-3/h4-15H,1-3H3,(H2,25,26). The number of ether oxygens (including phenoxy) is 2. The molecule has 1 unspecified atom stereocenters. The number of nitrogens with zero attached hydrogens (tertiary/aromatic N) is 2. The Kier molecular flexibility index (Phi) is 4.91. The molecule has 6 nitrogen and oxygen atoms in total. The number of amides is 1.